The minimum Gasteiger partial charge on any atom is -0.493 e. The summed E-state index contributed by atoms with van der Waals surface area (Å²) in [5, 5.41) is 21.4. The molecule has 0 heterocycles. The van der Waals surface area contributed by atoms with Gasteiger partial charge in [0.15, 0.2) is 11.5 Å². The van der Waals surface area contributed by atoms with Gasteiger partial charge in [-0.15, -0.1) is 10.1 Å². The second-order valence-electron chi connectivity index (χ2n) is 5.01. The molecule has 0 spiro atoms. The van der Waals surface area contributed by atoms with E-state index in [0.717, 1.165) is 0 Å². The second-order valence-corrected chi connectivity index (χ2v) is 5.01. The molecule has 0 aliphatic carbocycles. The van der Waals surface area contributed by atoms with Gasteiger partial charge < -0.3 is 24.7 Å². The van der Waals surface area contributed by atoms with Crippen molar-refractivity contribution < 1.29 is 29.3 Å². The number of carbonyl (C=O) groups excluding carboxylic acids is 1. The lowest BCUT2D eigenvalue weighted by Gasteiger charge is -2.22. The average Bonchev–Trinajstić information content (AvgIpc) is 2.53. The summed E-state index contributed by atoms with van der Waals surface area (Å²) in [7, 11) is 1.54. The molecular weight excluding hydrogens is 320 g/mol. The molecule has 0 aliphatic rings. The lowest BCUT2D eigenvalue weighted by Crippen LogP contribution is -2.43. The predicted molar refractivity (Wildman–Crippen MR) is 84.3 cm³/mol. The highest BCUT2D eigenvalue weighted by molar-refractivity contribution is 5.76. The van der Waals surface area contributed by atoms with Crippen LogP contribution in [0.2, 0.25) is 0 Å². The smallest absolute Gasteiger partial charge is 0.294 e. The first-order valence-electron chi connectivity index (χ1n) is 7.44. The van der Waals surface area contributed by atoms with Crippen molar-refractivity contribution in [2.75, 3.05) is 20.3 Å². The van der Waals surface area contributed by atoms with Gasteiger partial charge in [0.05, 0.1) is 32.3 Å². The molecule has 2 unspecified atom stereocenters. The number of amides is 1. The molecule has 0 saturated carbocycles. The van der Waals surface area contributed by atoms with Crippen LogP contribution < -0.4 is 14.8 Å². The number of para-hydroxylation sites is 2. The van der Waals surface area contributed by atoms with Crippen molar-refractivity contribution in [2.24, 2.45) is 0 Å². The first-order chi connectivity index (χ1) is 11.4. The van der Waals surface area contributed by atoms with Gasteiger partial charge in [0, 0.05) is 6.42 Å². The number of nitrogens with one attached hydrogen (secondary N) is 1. The van der Waals surface area contributed by atoms with Crippen LogP contribution in [0, 0.1) is 10.1 Å². The van der Waals surface area contributed by atoms with Gasteiger partial charge in [0.2, 0.25) is 5.91 Å². The highest BCUT2D eigenvalue weighted by Crippen LogP contribution is 2.25. The summed E-state index contributed by atoms with van der Waals surface area (Å²) in [6, 6.07) is 6.60. The molecule has 2 N–H and O–H groups in total. The summed E-state index contributed by atoms with van der Waals surface area (Å²) in [5.74, 6) is 0.710. The van der Waals surface area contributed by atoms with Crippen LogP contribution in [-0.2, 0) is 9.63 Å². The molecule has 134 valence electrons. The van der Waals surface area contributed by atoms with Crippen molar-refractivity contribution in [3.63, 3.8) is 0 Å². The minimum atomic E-state index is -0.958. The average molecular weight is 342 g/mol. The number of benzene rings is 1. The summed E-state index contributed by atoms with van der Waals surface area (Å²) >= 11 is 0. The number of ether oxygens (including phenoxy) is 2. The molecule has 1 rings (SSSR count). The molecule has 24 heavy (non-hydrogen) atoms. The van der Waals surface area contributed by atoms with Crippen LogP contribution in [0.1, 0.15) is 19.8 Å². The Morgan fingerprint density at radius 1 is 1.33 bits per heavy atom. The third kappa shape index (κ3) is 7.14. The maximum Gasteiger partial charge on any atom is 0.294 e. The van der Waals surface area contributed by atoms with E-state index >= 15 is 0 Å². The van der Waals surface area contributed by atoms with Crippen LogP contribution in [0.5, 0.6) is 11.5 Å². The lowest BCUT2D eigenvalue weighted by molar-refractivity contribution is -0.757. The van der Waals surface area contributed by atoms with Gasteiger partial charge in [-0.25, -0.2) is 0 Å². The van der Waals surface area contributed by atoms with E-state index in [-0.39, 0.29) is 19.6 Å². The van der Waals surface area contributed by atoms with E-state index in [2.05, 4.69) is 10.2 Å². The van der Waals surface area contributed by atoms with Crippen LogP contribution >= 0.6 is 0 Å². The van der Waals surface area contributed by atoms with Gasteiger partial charge in [0.25, 0.3) is 5.09 Å². The molecule has 9 heteroatoms. The molecule has 2 atom stereocenters. The topological polar surface area (TPSA) is 120 Å². The van der Waals surface area contributed by atoms with Gasteiger partial charge in [-0.05, 0) is 19.1 Å². The predicted octanol–water partition coefficient (Wildman–Crippen LogP) is 0.928. The fraction of sp³-hybridized carbons (Fsp3) is 0.533. The Morgan fingerprint density at radius 2 is 2.00 bits per heavy atom. The second kappa shape index (κ2) is 10.3. The molecule has 0 bridgehead atoms. The van der Waals surface area contributed by atoms with E-state index in [9.17, 15) is 20.0 Å². The summed E-state index contributed by atoms with van der Waals surface area (Å²) in [4.78, 5) is 25.8. The Hall–Kier alpha value is -2.55. The number of aliphatic hydroxyl groups is 1. The van der Waals surface area contributed by atoms with Gasteiger partial charge >= 0.3 is 0 Å². The van der Waals surface area contributed by atoms with Crippen LogP contribution in [0.3, 0.4) is 0 Å². The fourth-order valence-corrected chi connectivity index (χ4v) is 1.96. The number of rotatable bonds is 11. The van der Waals surface area contributed by atoms with Crippen LogP contribution in [-0.4, -0.2) is 48.6 Å². The van der Waals surface area contributed by atoms with Crippen molar-refractivity contribution in [3.8, 4) is 11.5 Å². The zero-order valence-electron chi connectivity index (χ0n) is 13.6. The molecule has 0 radical (unpaired) electrons. The van der Waals surface area contributed by atoms with Crippen molar-refractivity contribution in [2.45, 2.75) is 31.9 Å². The monoisotopic (exact) mass is 342 g/mol. The molecule has 1 aromatic rings. The fourth-order valence-electron chi connectivity index (χ4n) is 1.96. The zero-order chi connectivity index (χ0) is 17.9. The summed E-state index contributed by atoms with van der Waals surface area (Å²) in [6.45, 7) is 1.46. The normalized spacial score (nSPS) is 12.8. The minimum absolute atomic E-state index is 0.169. The largest absolute Gasteiger partial charge is 0.493 e. The highest BCUT2D eigenvalue weighted by atomic mass is 16.9. The maximum absolute atomic E-state index is 11.7. The van der Waals surface area contributed by atoms with Crippen molar-refractivity contribution in [3.05, 3.63) is 34.4 Å². The molecule has 0 fully saturated rings. The first kappa shape index (κ1) is 19.5. The lowest BCUT2D eigenvalue weighted by atomic mass is 10.1. The van der Waals surface area contributed by atoms with E-state index < -0.39 is 23.1 Å². The van der Waals surface area contributed by atoms with Gasteiger partial charge in [-0.2, -0.15) is 0 Å². The van der Waals surface area contributed by atoms with E-state index in [4.69, 9.17) is 9.47 Å². The Kier molecular flexibility index (Phi) is 8.34. The molecule has 1 aromatic carbocycles. The van der Waals surface area contributed by atoms with Crippen molar-refractivity contribution in [1.82, 2.24) is 5.32 Å². The third-order valence-electron chi connectivity index (χ3n) is 3.21. The first-order valence-corrected chi connectivity index (χ1v) is 7.44. The molecule has 0 aromatic heterocycles. The Bertz CT molecular complexity index is 536. The Balaban J connectivity index is 2.43. The third-order valence-corrected chi connectivity index (χ3v) is 3.21. The number of hydrogen-bond donors (Lipinski definition) is 2. The Labute approximate surface area is 139 Å². The molecular formula is C15H22N2O7. The van der Waals surface area contributed by atoms with Crippen molar-refractivity contribution >= 4 is 5.91 Å². The number of nitrogens with zero attached hydrogens (tertiary/aromatic N) is 1. The van der Waals surface area contributed by atoms with E-state index in [1.165, 1.54) is 7.11 Å². The van der Waals surface area contributed by atoms with E-state index in [1.54, 1.807) is 25.1 Å². The number of hydrogen-bond acceptors (Lipinski definition) is 7. The van der Waals surface area contributed by atoms with E-state index in [0.29, 0.717) is 17.9 Å². The quantitative estimate of drug-likeness (QED) is 0.453. The van der Waals surface area contributed by atoms with Gasteiger partial charge in [-0.3, -0.25) is 4.79 Å². The maximum atomic E-state index is 11.7. The van der Waals surface area contributed by atoms with Crippen molar-refractivity contribution in [1.29, 1.82) is 0 Å². The highest BCUT2D eigenvalue weighted by Gasteiger charge is 2.18. The summed E-state index contributed by atoms with van der Waals surface area (Å²) < 4.78 is 10.8. The summed E-state index contributed by atoms with van der Waals surface area (Å²) in [5.41, 5.74) is 0. The van der Waals surface area contributed by atoms with Gasteiger partial charge in [-0.1, -0.05) is 12.1 Å². The number of aliphatic hydroxyl groups excluding tert-OH is 1. The van der Waals surface area contributed by atoms with Crippen LogP contribution in [0.4, 0.5) is 0 Å². The standard InChI is InChI=1S/C15H22N2O7/c1-11(18)12(16-15(19)8-10-24-17(20)21)7-9-23-14-6-4-3-5-13(14)22-2/h3-6,11-12,18H,7-10H2,1-2H3,(H,16,19). The van der Waals surface area contributed by atoms with Crippen LogP contribution in [0.15, 0.2) is 24.3 Å². The van der Waals surface area contributed by atoms with E-state index in [1.807, 2.05) is 6.07 Å². The number of carbonyl (C=O) groups is 1. The molecule has 1 amide bonds. The van der Waals surface area contributed by atoms with Crippen LogP contribution in [0.25, 0.3) is 0 Å². The van der Waals surface area contributed by atoms with Gasteiger partial charge in [0.1, 0.15) is 6.61 Å². The molecule has 0 aliphatic heterocycles. The SMILES string of the molecule is COc1ccccc1OCCC(NC(=O)CCO[N+](=O)[O-])C(C)O. The molecule has 0 saturated heterocycles. The zero-order valence-corrected chi connectivity index (χ0v) is 13.6. The summed E-state index contributed by atoms with van der Waals surface area (Å²) in [6.07, 6.45) is -0.610. The molecule has 9 nitrogen and oxygen atoms in total. The Morgan fingerprint density at radius 3 is 2.58 bits per heavy atom. The number of methoxy groups -OCH3 is 1.